The maximum absolute atomic E-state index is 5.96. The van der Waals surface area contributed by atoms with Crippen LogP contribution >= 0.6 is 15.9 Å². The number of hydrogen-bond acceptors (Lipinski definition) is 2. The van der Waals surface area contributed by atoms with Crippen molar-refractivity contribution in [1.29, 1.82) is 0 Å². The molecule has 2 fully saturated rings. The van der Waals surface area contributed by atoms with Gasteiger partial charge in [0.25, 0.3) is 0 Å². The standard InChI is InChI=1S/C16H23BrN2/c17-16-4-2-1-3-15(16)11-9-14(10-11)19-13-7-5-12(18)6-8-13/h1-4,11-14,19H,5-10,18H2. The minimum absolute atomic E-state index is 0.451. The molecule has 0 amide bonds. The van der Waals surface area contributed by atoms with E-state index in [1.54, 1.807) is 0 Å². The molecule has 0 radical (unpaired) electrons. The lowest BCUT2D eigenvalue weighted by Crippen LogP contribution is -2.47. The van der Waals surface area contributed by atoms with Crippen LogP contribution in [-0.4, -0.2) is 18.1 Å². The summed E-state index contributed by atoms with van der Waals surface area (Å²) in [6.45, 7) is 0. The van der Waals surface area contributed by atoms with E-state index in [0.29, 0.717) is 12.1 Å². The minimum atomic E-state index is 0.451. The lowest BCUT2D eigenvalue weighted by molar-refractivity contribution is 0.231. The largest absolute Gasteiger partial charge is 0.328 e. The summed E-state index contributed by atoms with van der Waals surface area (Å²) in [6, 6.07) is 10.5. The average Bonchev–Trinajstić information content (AvgIpc) is 2.37. The molecule has 1 aromatic rings. The van der Waals surface area contributed by atoms with Crippen molar-refractivity contribution in [2.45, 2.75) is 62.6 Å². The summed E-state index contributed by atoms with van der Waals surface area (Å²) in [5.41, 5.74) is 7.43. The Hall–Kier alpha value is -0.380. The van der Waals surface area contributed by atoms with Gasteiger partial charge in [0.15, 0.2) is 0 Å². The second-order valence-corrected chi connectivity index (χ2v) is 7.02. The van der Waals surface area contributed by atoms with E-state index in [-0.39, 0.29) is 0 Å². The molecule has 3 rings (SSSR count). The monoisotopic (exact) mass is 322 g/mol. The summed E-state index contributed by atoms with van der Waals surface area (Å²) in [4.78, 5) is 0. The van der Waals surface area contributed by atoms with Crippen LogP contribution in [-0.2, 0) is 0 Å². The lowest BCUT2D eigenvalue weighted by Gasteiger charge is -2.40. The first-order valence-electron chi connectivity index (χ1n) is 7.48. The normalized spacial score (nSPS) is 34.8. The number of nitrogens with one attached hydrogen (secondary N) is 1. The smallest absolute Gasteiger partial charge is 0.0210 e. The SMILES string of the molecule is NC1CCC(NC2CC(c3ccccc3Br)C2)CC1. The third-order valence-electron chi connectivity index (χ3n) is 4.73. The molecule has 104 valence electrons. The van der Waals surface area contributed by atoms with E-state index in [9.17, 15) is 0 Å². The molecule has 0 bridgehead atoms. The highest BCUT2D eigenvalue weighted by atomic mass is 79.9. The fraction of sp³-hybridized carbons (Fsp3) is 0.625. The zero-order chi connectivity index (χ0) is 13.2. The molecular formula is C16H23BrN2. The number of rotatable bonds is 3. The summed E-state index contributed by atoms with van der Waals surface area (Å²) in [7, 11) is 0. The van der Waals surface area contributed by atoms with Crippen LogP contribution in [0.4, 0.5) is 0 Å². The predicted molar refractivity (Wildman–Crippen MR) is 83.3 cm³/mol. The topological polar surface area (TPSA) is 38.0 Å². The molecule has 3 heteroatoms. The van der Waals surface area contributed by atoms with Crippen LogP contribution in [0, 0.1) is 0 Å². The van der Waals surface area contributed by atoms with E-state index < -0.39 is 0 Å². The summed E-state index contributed by atoms with van der Waals surface area (Å²) in [5.74, 6) is 0.735. The van der Waals surface area contributed by atoms with Crippen molar-refractivity contribution in [3.05, 3.63) is 34.3 Å². The molecule has 19 heavy (non-hydrogen) atoms. The second kappa shape index (κ2) is 5.94. The third-order valence-corrected chi connectivity index (χ3v) is 5.45. The molecule has 2 aliphatic carbocycles. The van der Waals surface area contributed by atoms with Gasteiger partial charge in [0.2, 0.25) is 0 Å². The lowest BCUT2D eigenvalue weighted by atomic mass is 9.75. The first kappa shape index (κ1) is 13.6. The number of benzene rings is 1. The molecule has 0 spiro atoms. The van der Waals surface area contributed by atoms with Gasteiger partial charge in [0, 0.05) is 22.6 Å². The Morgan fingerprint density at radius 2 is 1.68 bits per heavy atom. The Morgan fingerprint density at radius 1 is 1.00 bits per heavy atom. The Bertz CT molecular complexity index is 421. The van der Waals surface area contributed by atoms with E-state index in [1.165, 1.54) is 48.6 Å². The van der Waals surface area contributed by atoms with Gasteiger partial charge < -0.3 is 11.1 Å². The molecule has 2 saturated carbocycles. The third kappa shape index (κ3) is 3.21. The van der Waals surface area contributed by atoms with Gasteiger partial charge in [0.05, 0.1) is 0 Å². The molecule has 1 aromatic carbocycles. The molecule has 0 heterocycles. The van der Waals surface area contributed by atoms with Crippen molar-refractivity contribution in [3.8, 4) is 0 Å². The maximum atomic E-state index is 5.96. The summed E-state index contributed by atoms with van der Waals surface area (Å²) >= 11 is 3.66. The quantitative estimate of drug-likeness (QED) is 0.893. The van der Waals surface area contributed by atoms with E-state index in [2.05, 4.69) is 45.5 Å². The Kier molecular flexibility index (Phi) is 4.25. The van der Waals surface area contributed by atoms with Crippen molar-refractivity contribution >= 4 is 15.9 Å². The van der Waals surface area contributed by atoms with E-state index in [1.807, 2.05) is 0 Å². The average molecular weight is 323 g/mol. The summed E-state index contributed by atoms with van der Waals surface area (Å²) < 4.78 is 1.27. The van der Waals surface area contributed by atoms with E-state index in [4.69, 9.17) is 5.73 Å². The molecule has 0 atom stereocenters. The molecule has 3 N–H and O–H groups in total. The molecule has 0 saturated heterocycles. The van der Waals surface area contributed by atoms with Gasteiger partial charge >= 0.3 is 0 Å². The zero-order valence-electron chi connectivity index (χ0n) is 11.3. The van der Waals surface area contributed by atoms with Crippen molar-refractivity contribution in [2.75, 3.05) is 0 Å². The van der Waals surface area contributed by atoms with Gasteiger partial charge in [-0.25, -0.2) is 0 Å². The first-order valence-corrected chi connectivity index (χ1v) is 8.27. The van der Waals surface area contributed by atoms with Crippen LogP contribution < -0.4 is 11.1 Å². The number of hydrogen-bond donors (Lipinski definition) is 2. The second-order valence-electron chi connectivity index (χ2n) is 6.17. The predicted octanol–water partition coefficient (Wildman–Crippen LogP) is 3.55. The van der Waals surface area contributed by atoms with Crippen molar-refractivity contribution < 1.29 is 0 Å². The molecule has 0 aliphatic heterocycles. The zero-order valence-corrected chi connectivity index (χ0v) is 12.9. The van der Waals surface area contributed by atoms with Crippen LogP contribution in [0.1, 0.15) is 50.0 Å². The minimum Gasteiger partial charge on any atom is -0.328 e. The highest BCUT2D eigenvalue weighted by molar-refractivity contribution is 9.10. The van der Waals surface area contributed by atoms with Crippen molar-refractivity contribution in [2.24, 2.45) is 5.73 Å². The maximum Gasteiger partial charge on any atom is 0.0210 e. The van der Waals surface area contributed by atoms with Gasteiger partial charge in [-0.05, 0) is 56.1 Å². The van der Waals surface area contributed by atoms with Crippen LogP contribution in [0.25, 0.3) is 0 Å². The molecule has 2 nitrogen and oxygen atoms in total. The van der Waals surface area contributed by atoms with Crippen molar-refractivity contribution in [3.63, 3.8) is 0 Å². The fourth-order valence-corrected chi connectivity index (χ4v) is 4.04. The van der Waals surface area contributed by atoms with E-state index >= 15 is 0 Å². The molecular weight excluding hydrogens is 300 g/mol. The molecule has 0 aromatic heterocycles. The van der Waals surface area contributed by atoms with Crippen LogP contribution in [0.2, 0.25) is 0 Å². The Balaban J connectivity index is 1.47. The summed E-state index contributed by atoms with van der Waals surface area (Å²) in [6.07, 6.45) is 7.47. The van der Waals surface area contributed by atoms with Crippen LogP contribution in [0.15, 0.2) is 28.7 Å². The van der Waals surface area contributed by atoms with E-state index in [0.717, 1.165) is 12.0 Å². The Labute approximate surface area is 124 Å². The van der Waals surface area contributed by atoms with Gasteiger partial charge in [-0.15, -0.1) is 0 Å². The number of nitrogens with two attached hydrogens (primary N) is 1. The number of halogens is 1. The summed E-state index contributed by atoms with van der Waals surface area (Å²) in [5, 5.41) is 3.82. The molecule has 0 unspecified atom stereocenters. The van der Waals surface area contributed by atoms with Gasteiger partial charge in [-0.3, -0.25) is 0 Å². The van der Waals surface area contributed by atoms with Gasteiger partial charge in [-0.1, -0.05) is 34.1 Å². The first-order chi connectivity index (χ1) is 9.22. The fourth-order valence-electron chi connectivity index (χ4n) is 3.43. The van der Waals surface area contributed by atoms with Crippen molar-refractivity contribution in [1.82, 2.24) is 5.32 Å². The Morgan fingerprint density at radius 3 is 2.37 bits per heavy atom. The van der Waals surface area contributed by atoms with Gasteiger partial charge in [-0.2, -0.15) is 0 Å². The van der Waals surface area contributed by atoms with Gasteiger partial charge in [0.1, 0.15) is 0 Å². The van der Waals surface area contributed by atoms with Crippen LogP contribution in [0.3, 0.4) is 0 Å². The highest BCUT2D eigenvalue weighted by Crippen LogP contribution is 2.40. The molecule has 2 aliphatic rings. The highest BCUT2D eigenvalue weighted by Gasteiger charge is 2.33. The van der Waals surface area contributed by atoms with Crippen LogP contribution in [0.5, 0.6) is 0 Å².